The van der Waals surface area contributed by atoms with Crippen LogP contribution in [0.15, 0.2) is 29.3 Å². The SMILES string of the molecule is CN=Cc1cc(-c2nc(C3CC3)c3cc(N4CCNCC4)ccc3n2)c(O)c(F)c1N. The molecule has 0 atom stereocenters. The molecule has 3 aromatic rings. The van der Waals surface area contributed by atoms with E-state index >= 15 is 0 Å². The highest BCUT2D eigenvalue weighted by atomic mass is 19.1. The third kappa shape index (κ3) is 3.57. The Morgan fingerprint density at radius 3 is 2.71 bits per heavy atom. The fourth-order valence-electron chi connectivity index (χ4n) is 4.14. The van der Waals surface area contributed by atoms with Crippen molar-refractivity contribution in [1.82, 2.24) is 15.3 Å². The van der Waals surface area contributed by atoms with Crippen LogP contribution in [-0.2, 0) is 0 Å². The Labute approximate surface area is 179 Å². The van der Waals surface area contributed by atoms with Gasteiger partial charge in [0.2, 0.25) is 0 Å². The predicted octanol–water partition coefficient (Wildman–Crippen LogP) is 3.06. The van der Waals surface area contributed by atoms with Crippen molar-refractivity contribution in [2.24, 2.45) is 4.99 Å². The number of benzene rings is 2. The van der Waals surface area contributed by atoms with E-state index in [0.717, 1.165) is 61.3 Å². The number of hydrogen-bond donors (Lipinski definition) is 3. The molecular weight excluding hydrogens is 395 g/mol. The molecule has 2 fully saturated rings. The summed E-state index contributed by atoms with van der Waals surface area (Å²) in [5.74, 6) is -0.756. The quantitative estimate of drug-likeness (QED) is 0.443. The maximum atomic E-state index is 14.6. The number of nitrogens with zero attached hydrogens (tertiary/aromatic N) is 4. The molecule has 8 heteroatoms. The van der Waals surface area contributed by atoms with E-state index in [-0.39, 0.29) is 11.3 Å². The Bertz CT molecular complexity index is 1180. The van der Waals surface area contributed by atoms with Crippen molar-refractivity contribution in [1.29, 1.82) is 0 Å². The molecule has 0 spiro atoms. The maximum absolute atomic E-state index is 14.6. The summed E-state index contributed by atoms with van der Waals surface area (Å²) in [6, 6.07) is 7.81. The Hall–Kier alpha value is -3.26. The van der Waals surface area contributed by atoms with E-state index in [1.807, 2.05) is 6.07 Å². The molecule has 0 bridgehead atoms. The summed E-state index contributed by atoms with van der Waals surface area (Å²) in [4.78, 5) is 15.8. The molecule has 160 valence electrons. The fourth-order valence-corrected chi connectivity index (χ4v) is 4.14. The van der Waals surface area contributed by atoms with Gasteiger partial charge in [-0.05, 0) is 37.1 Å². The number of anilines is 2. The van der Waals surface area contributed by atoms with Crippen LogP contribution >= 0.6 is 0 Å². The number of aromatic nitrogens is 2. The van der Waals surface area contributed by atoms with Crippen LogP contribution in [0, 0.1) is 5.82 Å². The van der Waals surface area contributed by atoms with Gasteiger partial charge in [0.25, 0.3) is 0 Å². The molecule has 5 rings (SSSR count). The molecule has 1 aliphatic carbocycles. The second kappa shape index (κ2) is 7.77. The second-order valence-corrected chi connectivity index (χ2v) is 8.12. The molecule has 4 N–H and O–H groups in total. The lowest BCUT2D eigenvalue weighted by Crippen LogP contribution is -2.43. The number of rotatable bonds is 4. The first kappa shape index (κ1) is 19.7. The highest BCUT2D eigenvalue weighted by molar-refractivity contribution is 5.92. The van der Waals surface area contributed by atoms with E-state index in [1.54, 1.807) is 13.1 Å². The van der Waals surface area contributed by atoms with Crippen LogP contribution in [-0.4, -0.2) is 54.5 Å². The Morgan fingerprint density at radius 1 is 1.23 bits per heavy atom. The minimum absolute atomic E-state index is 0.143. The normalized spacial score (nSPS) is 17.0. The van der Waals surface area contributed by atoms with Crippen LogP contribution in [0.2, 0.25) is 0 Å². The molecule has 0 unspecified atom stereocenters. The van der Waals surface area contributed by atoms with E-state index in [9.17, 15) is 9.50 Å². The molecule has 0 amide bonds. The van der Waals surface area contributed by atoms with E-state index in [0.29, 0.717) is 17.3 Å². The summed E-state index contributed by atoms with van der Waals surface area (Å²) < 4.78 is 14.6. The molecule has 31 heavy (non-hydrogen) atoms. The predicted molar refractivity (Wildman–Crippen MR) is 122 cm³/mol. The molecule has 0 radical (unpaired) electrons. The van der Waals surface area contributed by atoms with Crippen molar-refractivity contribution in [2.45, 2.75) is 18.8 Å². The van der Waals surface area contributed by atoms with Crippen LogP contribution in [0.5, 0.6) is 5.75 Å². The average molecular weight is 420 g/mol. The van der Waals surface area contributed by atoms with E-state index in [2.05, 4.69) is 32.3 Å². The summed E-state index contributed by atoms with van der Waals surface area (Å²) in [6.45, 7) is 3.86. The number of nitrogens with one attached hydrogen (secondary N) is 1. The van der Waals surface area contributed by atoms with Crippen molar-refractivity contribution in [3.63, 3.8) is 0 Å². The Kier molecular flexibility index (Phi) is 4.94. The Balaban J connectivity index is 1.66. The molecule has 1 saturated heterocycles. The molecule has 7 nitrogen and oxygen atoms in total. The van der Waals surface area contributed by atoms with Crippen molar-refractivity contribution >= 4 is 28.5 Å². The van der Waals surface area contributed by atoms with Gasteiger partial charge in [-0.2, -0.15) is 0 Å². The van der Waals surface area contributed by atoms with Gasteiger partial charge in [0, 0.05) is 62.0 Å². The minimum atomic E-state index is -0.877. The molecule has 2 aromatic carbocycles. The minimum Gasteiger partial charge on any atom is -0.504 e. The molecular formula is C23H25FN6O. The Morgan fingerprint density at radius 2 is 2.00 bits per heavy atom. The van der Waals surface area contributed by atoms with Crippen LogP contribution < -0.4 is 16.0 Å². The largest absolute Gasteiger partial charge is 0.504 e. The van der Waals surface area contributed by atoms with Crippen LogP contribution in [0.3, 0.4) is 0 Å². The highest BCUT2D eigenvalue weighted by Crippen LogP contribution is 2.44. The van der Waals surface area contributed by atoms with Gasteiger partial charge < -0.3 is 21.1 Å². The lowest BCUT2D eigenvalue weighted by Gasteiger charge is -2.29. The number of fused-ring (bicyclic) bond motifs is 1. The monoisotopic (exact) mass is 420 g/mol. The number of aromatic hydroxyl groups is 1. The van der Waals surface area contributed by atoms with Crippen LogP contribution in [0.25, 0.3) is 22.3 Å². The third-order valence-corrected chi connectivity index (χ3v) is 5.97. The molecule has 1 saturated carbocycles. The second-order valence-electron chi connectivity index (χ2n) is 8.12. The van der Waals surface area contributed by atoms with E-state index in [4.69, 9.17) is 10.7 Å². The van der Waals surface area contributed by atoms with Gasteiger partial charge in [0.05, 0.1) is 22.5 Å². The number of phenols is 1. The van der Waals surface area contributed by atoms with Crippen molar-refractivity contribution in [2.75, 3.05) is 43.9 Å². The fraction of sp³-hybridized carbons (Fsp3) is 0.348. The summed E-state index contributed by atoms with van der Waals surface area (Å²) in [7, 11) is 1.58. The van der Waals surface area contributed by atoms with Gasteiger partial charge >= 0.3 is 0 Å². The van der Waals surface area contributed by atoms with E-state index < -0.39 is 11.6 Å². The summed E-state index contributed by atoms with van der Waals surface area (Å²) in [5.41, 5.74) is 9.18. The summed E-state index contributed by atoms with van der Waals surface area (Å²) >= 11 is 0. The zero-order chi connectivity index (χ0) is 21.5. The number of piperazine rings is 1. The molecule has 1 aliphatic heterocycles. The molecule has 2 aliphatic rings. The first-order valence-corrected chi connectivity index (χ1v) is 10.6. The smallest absolute Gasteiger partial charge is 0.189 e. The standard InChI is InChI=1S/C23H25FN6O/c1-26-12-14-10-17(22(31)19(24)20(14)25)23-28-18-5-4-15(30-8-6-27-7-9-30)11-16(18)21(29-23)13-2-3-13/h4-5,10-13,27,31H,2-3,6-9,25H2,1H3. The first-order chi connectivity index (χ1) is 15.1. The lowest BCUT2D eigenvalue weighted by molar-refractivity contribution is 0.435. The average Bonchev–Trinajstić information content (AvgIpc) is 3.64. The highest BCUT2D eigenvalue weighted by Gasteiger charge is 2.29. The van der Waals surface area contributed by atoms with Gasteiger partial charge in [0.1, 0.15) is 0 Å². The molecule has 1 aromatic heterocycles. The summed E-state index contributed by atoms with van der Waals surface area (Å²) in [5, 5.41) is 14.9. The topological polar surface area (TPSA) is 99.7 Å². The number of hydrogen-bond acceptors (Lipinski definition) is 7. The zero-order valence-electron chi connectivity index (χ0n) is 17.4. The van der Waals surface area contributed by atoms with Gasteiger partial charge in [-0.1, -0.05) is 0 Å². The van der Waals surface area contributed by atoms with Crippen molar-refractivity contribution in [3.8, 4) is 17.1 Å². The summed E-state index contributed by atoms with van der Waals surface area (Å²) in [6.07, 6.45) is 3.60. The number of aliphatic imine (C=N–C) groups is 1. The van der Waals surface area contributed by atoms with E-state index in [1.165, 1.54) is 6.21 Å². The van der Waals surface area contributed by atoms with Crippen molar-refractivity contribution < 1.29 is 9.50 Å². The number of nitrogen functional groups attached to an aromatic ring is 1. The number of nitrogens with two attached hydrogens (primary N) is 1. The maximum Gasteiger partial charge on any atom is 0.189 e. The van der Waals surface area contributed by atoms with Crippen molar-refractivity contribution in [3.05, 3.63) is 41.3 Å². The zero-order valence-corrected chi connectivity index (χ0v) is 17.4. The third-order valence-electron chi connectivity index (χ3n) is 5.97. The van der Waals surface area contributed by atoms with Gasteiger partial charge in [-0.25, -0.2) is 14.4 Å². The van der Waals surface area contributed by atoms with Crippen LogP contribution in [0.1, 0.15) is 30.0 Å². The number of phenolic OH excluding ortho intramolecular Hbond substituents is 1. The van der Waals surface area contributed by atoms with Gasteiger partial charge in [-0.3, -0.25) is 4.99 Å². The molecule has 2 heterocycles. The van der Waals surface area contributed by atoms with Crippen LogP contribution in [0.4, 0.5) is 15.8 Å². The van der Waals surface area contributed by atoms with Gasteiger partial charge in [-0.15, -0.1) is 0 Å². The lowest BCUT2D eigenvalue weighted by atomic mass is 10.0. The first-order valence-electron chi connectivity index (χ1n) is 10.6. The van der Waals surface area contributed by atoms with Gasteiger partial charge in [0.15, 0.2) is 17.4 Å². The number of halogens is 1.